The van der Waals surface area contributed by atoms with Crippen LogP contribution in [0.15, 0.2) is 36.5 Å². The van der Waals surface area contributed by atoms with Gasteiger partial charge in [0.1, 0.15) is 0 Å². The van der Waals surface area contributed by atoms with E-state index in [1.54, 1.807) is 0 Å². The highest BCUT2D eigenvalue weighted by molar-refractivity contribution is 5.66. The predicted octanol–water partition coefficient (Wildman–Crippen LogP) is 7.22. The molecule has 0 rings (SSSR count). The lowest BCUT2D eigenvalue weighted by Crippen LogP contribution is -1.93. The van der Waals surface area contributed by atoms with E-state index in [0.29, 0.717) is 6.42 Å². The van der Waals surface area contributed by atoms with Crippen LogP contribution >= 0.6 is 0 Å². The van der Waals surface area contributed by atoms with Crippen LogP contribution in [0.25, 0.3) is 0 Å². The summed E-state index contributed by atoms with van der Waals surface area (Å²) < 4.78 is 0. The molecule has 0 heterocycles. The molecule has 0 aliphatic rings. The van der Waals surface area contributed by atoms with E-state index in [2.05, 4.69) is 43.4 Å². The Labute approximate surface area is 149 Å². The Morgan fingerprint density at radius 3 is 1.67 bits per heavy atom. The van der Waals surface area contributed by atoms with Crippen LogP contribution in [0.5, 0.6) is 0 Å². The van der Waals surface area contributed by atoms with Crippen LogP contribution in [0, 0.1) is 0 Å². The SMILES string of the molecule is CC/C=C/C/C=C/C/C=C/CCCCCCCCCCCC(=O)O. The van der Waals surface area contributed by atoms with E-state index < -0.39 is 5.97 Å². The van der Waals surface area contributed by atoms with Gasteiger partial charge in [-0.1, -0.05) is 88.3 Å². The third kappa shape index (κ3) is 20.7. The summed E-state index contributed by atoms with van der Waals surface area (Å²) >= 11 is 0. The average Bonchev–Trinajstić information content (AvgIpc) is 2.56. The third-order valence-corrected chi connectivity index (χ3v) is 4.04. The standard InChI is InChI=1S/C22H38O2/c1-2-3-4-5-6-7-8-9-10-11-12-13-14-15-16-17-18-19-20-21-22(23)24/h3-4,6-7,9-10H,2,5,8,11-21H2,1H3,(H,23,24)/b4-3+,7-6+,10-9+. The van der Waals surface area contributed by atoms with Crippen molar-refractivity contribution in [3.63, 3.8) is 0 Å². The molecular weight excluding hydrogens is 296 g/mol. The van der Waals surface area contributed by atoms with Gasteiger partial charge in [-0.3, -0.25) is 4.79 Å². The second-order valence-corrected chi connectivity index (χ2v) is 6.41. The van der Waals surface area contributed by atoms with E-state index >= 15 is 0 Å². The van der Waals surface area contributed by atoms with Gasteiger partial charge in [-0.15, -0.1) is 0 Å². The van der Waals surface area contributed by atoms with Gasteiger partial charge in [0.2, 0.25) is 0 Å². The zero-order valence-corrected chi connectivity index (χ0v) is 15.7. The third-order valence-electron chi connectivity index (χ3n) is 4.04. The first kappa shape index (κ1) is 22.7. The topological polar surface area (TPSA) is 37.3 Å². The molecule has 0 fully saturated rings. The van der Waals surface area contributed by atoms with Crippen LogP contribution in [0.4, 0.5) is 0 Å². The van der Waals surface area contributed by atoms with Crippen LogP contribution in [-0.4, -0.2) is 11.1 Å². The van der Waals surface area contributed by atoms with Gasteiger partial charge in [0.25, 0.3) is 0 Å². The first-order valence-electron chi connectivity index (χ1n) is 9.94. The molecule has 24 heavy (non-hydrogen) atoms. The Balaban J connectivity index is 3.18. The Hall–Kier alpha value is -1.31. The smallest absolute Gasteiger partial charge is 0.303 e. The van der Waals surface area contributed by atoms with E-state index in [1.165, 1.54) is 51.4 Å². The summed E-state index contributed by atoms with van der Waals surface area (Å²) in [6, 6.07) is 0. The molecule has 2 heteroatoms. The largest absolute Gasteiger partial charge is 0.481 e. The Morgan fingerprint density at radius 1 is 0.667 bits per heavy atom. The first-order valence-corrected chi connectivity index (χ1v) is 9.94. The number of carbonyl (C=O) groups is 1. The van der Waals surface area contributed by atoms with E-state index in [-0.39, 0.29) is 0 Å². The summed E-state index contributed by atoms with van der Waals surface area (Å²) in [5.41, 5.74) is 0. The summed E-state index contributed by atoms with van der Waals surface area (Å²) in [6.45, 7) is 2.16. The molecule has 0 bridgehead atoms. The fraction of sp³-hybridized carbons (Fsp3) is 0.682. The summed E-state index contributed by atoms with van der Waals surface area (Å²) in [4.78, 5) is 10.4. The average molecular weight is 335 g/mol. The summed E-state index contributed by atoms with van der Waals surface area (Å²) in [5.74, 6) is -0.663. The van der Waals surface area contributed by atoms with Gasteiger partial charge < -0.3 is 5.11 Å². The molecule has 0 saturated heterocycles. The molecule has 0 atom stereocenters. The van der Waals surface area contributed by atoms with Gasteiger partial charge in [0.15, 0.2) is 0 Å². The van der Waals surface area contributed by atoms with Crippen LogP contribution in [0.3, 0.4) is 0 Å². The lowest BCUT2D eigenvalue weighted by molar-refractivity contribution is -0.137. The highest BCUT2D eigenvalue weighted by atomic mass is 16.4. The van der Waals surface area contributed by atoms with Crippen molar-refractivity contribution in [3.8, 4) is 0 Å². The number of carboxylic acid groups (broad SMARTS) is 1. The minimum absolute atomic E-state index is 0.333. The van der Waals surface area contributed by atoms with Gasteiger partial charge in [-0.2, -0.15) is 0 Å². The van der Waals surface area contributed by atoms with Gasteiger partial charge in [-0.25, -0.2) is 0 Å². The molecule has 0 amide bonds. The van der Waals surface area contributed by atoms with Gasteiger partial charge >= 0.3 is 5.97 Å². The van der Waals surface area contributed by atoms with Crippen molar-refractivity contribution in [1.29, 1.82) is 0 Å². The molecule has 0 spiro atoms. The Bertz CT molecular complexity index is 353. The molecule has 0 aromatic carbocycles. The molecule has 0 aromatic rings. The van der Waals surface area contributed by atoms with Crippen molar-refractivity contribution in [2.45, 2.75) is 96.8 Å². The number of hydrogen-bond donors (Lipinski definition) is 1. The van der Waals surface area contributed by atoms with Gasteiger partial charge in [0.05, 0.1) is 0 Å². The van der Waals surface area contributed by atoms with Crippen molar-refractivity contribution >= 4 is 5.97 Å². The molecule has 0 aliphatic carbocycles. The highest BCUT2D eigenvalue weighted by Crippen LogP contribution is 2.11. The van der Waals surface area contributed by atoms with Crippen molar-refractivity contribution in [3.05, 3.63) is 36.5 Å². The van der Waals surface area contributed by atoms with Crippen LogP contribution < -0.4 is 0 Å². The van der Waals surface area contributed by atoms with E-state index in [1.807, 2.05) is 0 Å². The van der Waals surface area contributed by atoms with Gasteiger partial charge in [0, 0.05) is 6.42 Å². The maximum Gasteiger partial charge on any atom is 0.303 e. The molecule has 0 radical (unpaired) electrons. The molecule has 138 valence electrons. The fourth-order valence-corrected chi connectivity index (χ4v) is 2.60. The molecule has 2 nitrogen and oxygen atoms in total. The molecule has 1 N–H and O–H groups in total. The number of aliphatic carboxylic acids is 1. The molecule has 0 aliphatic heterocycles. The molecule has 0 unspecified atom stereocenters. The molecule has 0 aromatic heterocycles. The minimum atomic E-state index is -0.663. The van der Waals surface area contributed by atoms with Crippen molar-refractivity contribution in [2.24, 2.45) is 0 Å². The second kappa shape index (κ2) is 19.7. The predicted molar refractivity (Wildman–Crippen MR) is 105 cm³/mol. The zero-order valence-electron chi connectivity index (χ0n) is 15.7. The summed E-state index contributed by atoms with van der Waals surface area (Å²) in [5, 5.41) is 8.55. The van der Waals surface area contributed by atoms with Gasteiger partial charge in [-0.05, 0) is 38.5 Å². The second-order valence-electron chi connectivity index (χ2n) is 6.41. The minimum Gasteiger partial charge on any atom is -0.481 e. The van der Waals surface area contributed by atoms with Crippen LogP contribution in [0.2, 0.25) is 0 Å². The fourth-order valence-electron chi connectivity index (χ4n) is 2.60. The van der Waals surface area contributed by atoms with Crippen molar-refractivity contribution < 1.29 is 9.90 Å². The maximum absolute atomic E-state index is 10.4. The summed E-state index contributed by atoms with van der Waals surface area (Å²) in [7, 11) is 0. The lowest BCUT2D eigenvalue weighted by Gasteiger charge is -2.01. The summed E-state index contributed by atoms with van der Waals surface area (Å²) in [6.07, 6.45) is 29.3. The monoisotopic (exact) mass is 334 g/mol. The van der Waals surface area contributed by atoms with Crippen LogP contribution in [-0.2, 0) is 4.79 Å². The van der Waals surface area contributed by atoms with E-state index in [0.717, 1.165) is 32.1 Å². The number of hydrogen-bond acceptors (Lipinski definition) is 1. The first-order chi connectivity index (χ1) is 11.8. The zero-order chi connectivity index (χ0) is 17.7. The molecular formula is C22H38O2. The Kier molecular flexibility index (Phi) is 18.7. The number of unbranched alkanes of at least 4 members (excludes halogenated alkanes) is 9. The lowest BCUT2D eigenvalue weighted by atomic mass is 10.1. The molecule has 0 saturated carbocycles. The normalized spacial score (nSPS) is 12.0. The van der Waals surface area contributed by atoms with E-state index in [4.69, 9.17) is 5.11 Å². The quantitative estimate of drug-likeness (QED) is 0.225. The highest BCUT2D eigenvalue weighted by Gasteiger charge is 1.96. The van der Waals surface area contributed by atoms with Crippen LogP contribution in [0.1, 0.15) is 96.8 Å². The van der Waals surface area contributed by atoms with Crippen molar-refractivity contribution in [1.82, 2.24) is 0 Å². The van der Waals surface area contributed by atoms with Crippen molar-refractivity contribution in [2.75, 3.05) is 0 Å². The van der Waals surface area contributed by atoms with E-state index in [9.17, 15) is 4.79 Å². The Morgan fingerprint density at radius 2 is 1.12 bits per heavy atom. The number of rotatable bonds is 17. The number of allylic oxidation sites excluding steroid dienone is 6. The maximum atomic E-state index is 10.4. The number of carboxylic acids is 1.